The highest BCUT2D eigenvalue weighted by molar-refractivity contribution is 7.89. The highest BCUT2D eigenvalue weighted by Crippen LogP contribution is 2.34. The van der Waals surface area contributed by atoms with Crippen molar-refractivity contribution in [1.82, 2.24) is 9.62 Å². The highest BCUT2D eigenvalue weighted by atomic mass is 32.2. The molecule has 118 valence electrons. The van der Waals surface area contributed by atoms with Crippen molar-refractivity contribution in [1.29, 1.82) is 0 Å². The van der Waals surface area contributed by atoms with E-state index < -0.39 is 10.0 Å². The number of ether oxygens (including phenoxy) is 2. The Morgan fingerprint density at radius 2 is 1.81 bits per heavy atom. The standard InChI is InChI=1S/C14H22N2O4S/c1-11-9-12-13(20-8-7-19-12)10-14(11)21(17,18)15-5-4-6-16(2)3/h9-10,15H,4-8H2,1-3H3. The number of hydrogen-bond donors (Lipinski definition) is 1. The number of sulfonamides is 1. The molecule has 0 aliphatic carbocycles. The van der Waals surface area contributed by atoms with Gasteiger partial charge in [-0.2, -0.15) is 0 Å². The van der Waals surface area contributed by atoms with Gasteiger partial charge in [-0.05, 0) is 45.6 Å². The molecule has 1 heterocycles. The monoisotopic (exact) mass is 314 g/mol. The van der Waals surface area contributed by atoms with Crippen LogP contribution < -0.4 is 14.2 Å². The fraction of sp³-hybridized carbons (Fsp3) is 0.571. The first-order chi connectivity index (χ1) is 9.90. The Bertz CT molecular complexity index is 599. The van der Waals surface area contributed by atoms with E-state index in [-0.39, 0.29) is 4.90 Å². The molecule has 0 bridgehead atoms. The topological polar surface area (TPSA) is 67.9 Å². The van der Waals surface area contributed by atoms with Crippen LogP contribution in [0.4, 0.5) is 0 Å². The van der Waals surface area contributed by atoms with Crippen LogP contribution in [0.15, 0.2) is 17.0 Å². The molecule has 0 amide bonds. The Morgan fingerprint density at radius 1 is 1.19 bits per heavy atom. The third-order valence-electron chi connectivity index (χ3n) is 3.20. The molecule has 0 radical (unpaired) electrons. The molecule has 1 N–H and O–H groups in total. The van der Waals surface area contributed by atoms with Gasteiger partial charge in [-0.1, -0.05) is 0 Å². The van der Waals surface area contributed by atoms with Crippen molar-refractivity contribution >= 4 is 10.0 Å². The van der Waals surface area contributed by atoms with Gasteiger partial charge >= 0.3 is 0 Å². The Labute approximate surface area is 126 Å². The minimum Gasteiger partial charge on any atom is -0.486 e. The molecule has 0 fully saturated rings. The van der Waals surface area contributed by atoms with E-state index >= 15 is 0 Å². The average molecular weight is 314 g/mol. The second-order valence-electron chi connectivity index (χ2n) is 5.32. The van der Waals surface area contributed by atoms with Crippen LogP contribution in [0, 0.1) is 6.92 Å². The number of nitrogens with one attached hydrogen (secondary N) is 1. The zero-order chi connectivity index (χ0) is 15.5. The van der Waals surface area contributed by atoms with Crippen LogP contribution in [0.25, 0.3) is 0 Å². The fourth-order valence-electron chi connectivity index (χ4n) is 2.14. The van der Waals surface area contributed by atoms with Crippen molar-refractivity contribution in [3.05, 3.63) is 17.7 Å². The number of rotatable bonds is 6. The quantitative estimate of drug-likeness (QED) is 0.793. The maximum Gasteiger partial charge on any atom is 0.240 e. The lowest BCUT2D eigenvalue weighted by molar-refractivity contribution is 0.171. The van der Waals surface area contributed by atoms with E-state index in [1.165, 1.54) is 6.07 Å². The molecule has 1 aromatic rings. The van der Waals surface area contributed by atoms with Gasteiger partial charge in [0.05, 0.1) is 4.90 Å². The largest absolute Gasteiger partial charge is 0.486 e. The molecule has 21 heavy (non-hydrogen) atoms. The van der Waals surface area contributed by atoms with Crippen molar-refractivity contribution in [3.63, 3.8) is 0 Å². The summed E-state index contributed by atoms with van der Waals surface area (Å²) in [6.07, 6.45) is 0.760. The minimum atomic E-state index is -3.53. The third-order valence-corrected chi connectivity index (χ3v) is 4.81. The molecule has 0 aromatic heterocycles. The summed E-state index contributed by atoms with van der Waals surface area (Å²) in [7, 11) is 0.389. The first kappa shape index (κ1) is 16.1. The van der Waals surface area contributed by atoms with Gasteiger partial charge in [0.25, 0.3) is 0 Å². The highest BCUT2D eigenvalue weighted by Gasteiger charge is 2.21. The number of fused-ring (bicyclic) bond motifs is 1. The van der Waals surface area contributed by atoms with Gasteiger partial charge < -0.3 is 14.4 Å². The molecular formula is C14H22N2O4S. The smallest absolute Gasteiger partial charge is 0.240 e. The first-order valence-electron chi connectivity index (χ1n) is 6.95. The Kier molecular flexibility index (Phi) is 5.08. The lowest BCUT2D eigenvalue weighted by atomic mass is 10.2. The van der Waals surface area contributed by atoms with E-state index in [1.54, 1.807) is 13.0 Å². The second-order valence-corrected chi connectivity index (χ2v) is 7.05. The molecule has 2 rings (SSSR count). The van der Waals surface area contributed by atoms with E-state index in [4.69, 9.17) is 9.47 Å². The summed E-state index contributed by atoms with van der Waals surface area (Å²) in [5.74, 6) is 1.09. The van der Waals surface area contributed by atoms with E-state index in [9.17, 15) is 8.42 Å². The van der Waals surface area contributed by atoms with Crippen LogP contribution in [0.3, 0.4) is 0 Å². The van der Waals surface area contributed by atoms with E-state index in [0.29, 0.717) is 36.8 Å². The zero-order valence-electron chi connectivity index (χ0n) is 12.7. The predicted molar refractivity (Wildman–Crippen MR) is 80.5 cm³/mol. The van der Waals surface area contributed by atoms with Crippen LogP contribution >= 0.6 is 0 Å². The van der Waals surface area contributed by atoms with Crippen molar-refractivity contribution in [3.8, 4) is 11.5 Å². The summed E-state index contributed by atoms with van der Waals surface area (Å²) in [5.41, 5.74) is 0.652. The molecule has 1 aliphatic heterocycles. The van der Waals surface area contributed by atoms with Crippen molar-refractivity contribution in [2.75, 3.05) is 40.4 Å². The molecule has 6 nitrogen and oxygen atoms in total. The molecule has 7 heteroatoms. The number of aryl methyl sites for hydroxylation is 1. The fourth-order valence-corrected chi connectivity index (χ4v) is 3.45. The summed E-state index contributed by atoms with van der Waals surface area (Å²) in [6.45, 7) is 3.93. The van der Waals surface area contributed by atoms with Crippen LogP contribution in [0.1, 0.15) is 12.0 Å². The molecule has 1 aromatic carbocycles. The number of hydrogen-bond acceptors (Lipinski definition) is 5. The lowest BCUT2D eigenvalue weighted by Gasteiger charge is -2.20. The summed E-state index contributed by atoms with van der Waals surface area (Å²) in [4.78, 5) is 2.26. The van der Waals surface area contributed by atoms with E-state index in [1.807, 2.05) is 19.0 Å². The predicted octanol–water partition coefficient (Wildman–Crippen LogP) is 0.996. The molecule has 0 saturated heterocycles. The van der Waals surface area contributed by atoms with Gasteiger partial charge in [0.2, 0.25) is 10.0 Å². The summed E-state index contributed by atoms with van der Waals surface area (Å²) in [5, 5.41) is 0. The third kappa shape index (κ3) is 4.09. The molecule has 1 aliphatic rings. The number of nitrogens with zero attached hydrogens (tertiary/aromatic N) is 1. The maximum absolute atomic E-state index is 12.4. The van der Waals surface area contributed by atoms with Gasteiger partial charge in [-0.25, -0.2) is 13.1 Å². The van der Waals surface area contributed by atoms with Gasteiger partial charge in [0, 0.05) is 12.6 Å². The first-order valence-corrected chi connectivity index (χ1v) is 8.43. The average Bonchev–Trinajstić information content (AvgIpc) is 2.42. The zero-order valence-corrected chi connectivity index (χ0v) is 13.5. The van der Waals surface area contributed by atoms with Gasteiger partial charge in [-0.3, -0.25) is 0 Å². The van der Waals surface area contributed by atoms with Crippen LogP contribution in [-0.2, 0) is 10.0 Å². The van der Waals surface area contributed by atoms with Gasteiger partial charge in [-0.15, -0.1) is 0 Å². The number of benzene rings is 1. The summed E-state index contributed by atoms with van der Waals surface area (Å²) in [6, 6.07) is 3.25. The Morgan fingerprint density at radius 3 is 2.43 bits per heavy atom. The van der Waals surface area contributed by atoms with Crippen molar-refractivity contribution < 1.29 is 17.9 Å². The molecular weight excluding hydrogens is 292 g/mol. The molecule has 0 spiro atoms. The molecule has 0 saturated carbocycles. The normalized spacial score (nSPS) is 14.5. The molecule has 0 unspecified atom stereocenters. The van der Waals surface area contributed by atoms with E-state index in [2.05, 4.69) is 4.72 Å². The Hall–Kier alpha value is -1.31. The van der Waals surface area contributed by atoms with Crippen LogP contribution in [0.5, 0.6) is 11.5 Å². The van der Waals surface area contributed by atoms with Crippen LogP contribution in [0.2, 0.25) is 0 Å². The van der Waals surface area contributed by atoms with Crippen LogP contribution in [-0.4, -0.2) is 53.7 Å². The van der Waals surface area contributed by atoms with Crippen molar-refractivity contribution in [2.24, 2.45) is 0 Å². The Balaban J connectivity index is 2.12. The van der Waals surface area contributed by atoms with Crippen molar-refractivity contribution in [2.45, 2.75) is 18.2 Å². The van der Waals surface area contributed by atoms with E-state index in [0.717, 1.165) is 13.0 Å². The SMILES string of the molecule is Cc1cc2c(cc1S(=O)(=O)NCCCN(C)C)OCCO2. The van der Waals surface area contributed by atoms with Gasteiger partial charge in [0.1, 0.15) is 13.2 Å². The molecule has 0 atom stereocenters. The minimum absolute atomic E-state index is 0.247. The summed E-state index contributed by atoms with van der Waals surface area (Å²) >= 11 is 0. The maximum atomic E-state index is 12.4. The second kappa shape index (κ2) is 6.64. The lowest BCUT2D eigenvalue weighted by Crippen LogP contribution is -2.28. The van der Waals surface area contributed by atoms with Gasteiger partial charge in [0.15, 0.2) is 11.5 Å². The summed E-state index contributed by atoms with van der Waals surface area (Å²) < 4.78 is 38.3.